The lowest BCUT2D eigenvalue weighted by molar-refractivity contribution is -0.124. The SMILES string of the molecule is CC(=O)CC(=O)Nc1ccccc1Cn1cccn1. The molecule has 19 heavy (non-hydrogen) atoms. The van der Waals surface area contributed by atoms with E-state index in [0.29, 0.717) is 12.2 Å². The van der Waals surface area contributed by atoms with Crippen molar-refractivity contribution in [1.29, 1.82) is 0 Å². The fraction of sp³-hybridized carbons (Fsp3) is 0.214. The van der Waals surface area contributed by atoms with E-state index < -0.39 is 0 Å². The summed E-state index contributed by atoms with van der Waals surface area (Å²) in [6, 6.07) is 9.33. The topological polar surface area (TPSA) is 64.0 Å². The molecule has 5 heteroatoms. The third-order valence-electron chi connectivity index (χ3n) is 2.59. The first-order valence-corrected chi connectivity index (χ1v) is 6.00. The fourth-order valence-corrected chi connectivity index (χ4v) is 1.77. The van der Waals surface area contributed by atoms with Crippen LogP contribution in [0.3, 0.4) is 0 Å². The van der Waals surface area contributed by atoms with E-state index in [1.54, 1.807) is 10.9 Å². The molecule has 98 valence electrons. The molecule has 0 aliphatic carbocycles. The molecule has 0 atom stereocenters. The Labute approximate surface area is 111 Å². The summed E-state index contributed by atoms with van der Waals surface area (Å²) in [5.74, 6) is -0.442. The number of benzene rings is 1. The molecule has 5 nitrogen and oxygen atoms in total. The van der Waals surface area contributed by atoms with E-state index in [-0.39, 0.29) is 18.1 Å². The molecule has 0 bridgehead atoms. The molecule has 0 radical (unpaired) electrons. The molecule has 0 aliphatic heterocycles. The van der Waals surface area contributed by atoms with Crippen LogP contribution in [-0.2, 0) is 16.1 Å². The van der Waals surface area contributed by atoms with Gasteiger partial charge in [0.2, 0.25) is 5.91 Å². The summed E-state index contributed by atoms with van der Waals surface area (Å²) in [4.78, 5) is 22.5. The highest BCUT2D eigenvalue weighted by Crippen LogP contribution is 2.16. The van der Waals surface area contributed by atoms with E-state index in [9.17, 15) is 9.59 Å². The minimum absolute atomic E-state index is 0.101. The lowest BCUT2D eigenvalue weighted by Crippen LogP contribution is -2.16. The van der Waals surface area contributed by atoms with Gasteiger partial charge in [0, 0.05) is 18.1 Å². The quantitative estimate of drug-likeness (QED) is 0.831. The molecule has 1 amide bonds. The van der Waals surface area contributed by atoms with Crippen molar-refractivity contribution in [3.8, 4) is 0 Å². The van der Waals surface area contributed by atoms with E-state index >= 15 is 0 Å². The molecular formula is C14H15N3O2. The predicted octanol–water partition coefficient (Wildman–Crippen LogP) is 1.85. The van der Waals surface area contributed by atoms with Crippen LogP contribution in [0.5, 0.6) is 0 Å². The second-order valence-corrected chi connectivity index (χ2v) is 4.29. The summed E-state index contributed by atoms with van der Waals surface area (Å²) < 4.78 is 1.77. The summed E-state index contributed by atoms with van der Waals surface area (Å²) in [5.41, 5.74) is 1.66. The highest BCUT2D eigenvalue weighted by molar-refractivity contribution is 6.03. The van der Waals surface area contributed by atoms with Crippen LogP contribution in [0.4, 0.5) is 5.69 Å². The smallest absolute Gasteiger partial charge is 0.231 e. The number of Topliss-reactive ketones (excluding diaryl/α,β-unsaturated/α-hetero) is 1. The van der Waals surface area contributed by atoms with Crippen molar-refractivity contribution in [2.45, 2.75) is 19.9 Å². The van der Waals surface area contributed by atoms with Crippen molar-refractivity contribution in [2.24, 2.45) is 0 Å². The first kappa shape index (κ1) is 13.0. The zero-order valence-electron chi connectivity index (χ0n) is 10.7. The number of rotatable bonds is 5. The number of hydrogen-bond acceptors (Lipinski definition) is 3. The predicted molar refractivity (Wildman–Crippen MR) is 71.7 cm³/mol. The van der Waals surface area contributed by atoms with Crippen molar-refractivity contribution >= 4 is 17.4 Å². The van der Waals surface area contributed by atoms with Gasteiger partial charge in [-0.2, -0.15) is 5.10 Å². The van der Waals surface area contributed by atoms with E-state index in [1.165, 1.54) is 6.92 Å². The Hall–Kier alpha value is -2.43. The van der Waals surface area contributed by atoms with Gasteiger partial charge in [-0.1, -0.05) is 18.2 Å². The van der Waals surface area contributed by atoms with Gasteiger partial charge in [0.15, 0.2) is 0 Å². The number of nitrogens with zero attached hydrogens (tertiary/aromatic N) is 2. The molecule has 1 heterocycles. The number of amides is 1. The molecule has 2 aromatic rings. The Bertz CT molecular complexity index is 576. The van der Waals surface area contributed by atoms with Crippen LogP contribution >= 0.6 is 0 Å². The zero-order chi connectivity index (χ0) is 13.7. The third kappa shape index (κ3) is 3.77. The van der Waals surface area contributed by atoms with Crippen molar-refractivity contribution in [3.05, 3.63) is 48.3 Å². The Morgan fingerprint density at radius 2 is 2.05 bits per heavy atom. The van der Waals surface area contributed by atoms with Gasteiger partial charge in [0.25, 0.3) is 0 Å². The van der Waals surface area contributed by atoms with E-state index in [2.05, 4.69) is 10.4 Å². The molecule has 0 aliphatic rings. The first-order valence-electron chi connectivity index (χ1n) is 6.00. The Morgan fingerprint density at radius 1 is 1.26 bits per heavy atom. The Kier molecular flexibility index (Phi) is 4.07. The van der Waals surface area contributed by atoms with Gasteiger partial charge >= 0.3 is 0 Å². The molecule has 1 N–H and O–H groups in total. The summed E-state index contributed by atoms with van der Waals surface area (Å²) >= 11 is 0. The molecule has 0 saturated heterocycles. The second-order valence-electron chi connectivity index (χ2n) is 4.29. The number of nitrogens with one attached hydrogen (secondary N) is 1. The average molecular weight is 257 g/mol. The molecule has 0 fully saturated rings. The molecule has 2 rings (SSSR count). The minimum Gasteiger partial charge on any atom is -0.325 e. The highest BCUT2D eigenvalue weighted by Gasteiger charge is 2.08. The molecule has 0 unspecified atom stereocenters. The van der Waals surface area contributed by atoms with Gasteiger partial charge in [-0.05, 0) is 24.6 Å². The van der Waals surface area contributed by atoms with Crippen LogP contribution in [0.1, 0.15) is 18.9 Å². The number of aromatic nitrogens is 2. The number of carbonyl (C=O) groups excluding carboxylic acids is 2. The number of para-hydroxylation sites is 1. The van der Waals surface area contributed by atoms with Gasteiger partial charge in [0.05, 0.1) is 13.0 Å². The fourth-order valence-electron chi connectivity index (χ4n) is 1.77. The Balaban J connectivity index is 2.12. The maximum absolute atomic E-state index is 11.6. The van der Waals surface area contributed by atoms with E-state index in [1.807, 2.05) is 36.5 Å². The van der Waals surface area contributed by atoms with Gasteiger partial charge in [-0.3, -0.25) is 14.3 Å². The van der Waals surface area contributed by atoms with Crippen LogP contribution in [0.15, 0.2) is 42.7 Å². The lowest BCUT2D eigenvalue weighted by Gasteiger charge is -2.10. The summed E-state index contributed by atoms with van der Waals surface area (Å²) in [5, 5.41) is 6.88. The second kappa shape index (κ2) is 5.95. The highest BCUT2D eigenvalue weighted by atomic mass is 16.2. The maximum Gasteiger partial charge on any atom is 0.231 e. The van der Waals surface area contributed by atoms with Gasteiger partial charge in [-0.15, -0.1) is 0 Å². The molecule has 0 saturated carbocycles. The number of ketones is 1. The largest absolute Gasteiger partial charge is 0.325 e. The van der Waals surface area contributed by atoms with Gasteiger partial charge in [0.1, 0.15) is 5.78 Å². The normalized spacial score (nSPS) is 10.2. The molecule has 0 spiro atoms. The third-order valence-corrected chi connectivity index (χ3v) is 2.59. The average Bonchev–Trinajstić information content (AvgIpc) is 2.83. The van der Waals surface area contributed by atoms with Crippen LogP contribution in [0.25, 0.3) is 0 Å². The first-order chi connectivity index (χ1) is 9.15. The van der Waals surface area contributed by atoms with Crippen molar-refractivity contribution in [3.63, 3.8) is 0 Å². The van der Waals surface area contributed by atoms with Crippen LogP contribution in [0.2, 0.25) is 0 Å². The van der Waals surface area contributed by atoms with Crippen LogP contribution in [-0.4, -0.2) is 21.5 Å². The minimum atomic E-state index is -0.291. The number of anilines is 1. The molecule has 1 aromatic carbocycles. The summed E-state index contributed by atoms with van der Waals surface area (Å²) in [6.07, 6.45) is 3.46. The summed E-state index contributed by atoms with van der Waals surface area (Å²) in [7, 11) is 0. The lowest BCUT2D eigenvalue weighted by atomic mass is 10.1. The maximum atomic E-state index is 11.6. The monoisotopic (exact) mass is 257 g/mol. The Morgan fingerprint density at radius 3 is 2.74 bits per heavy atom. The molecule has 1 aromatic heterocycles. The van der Waals surface area contributed by atoms with E-state index in [0.717, 1.165) is 5.56 Å². The van der Waals surface area contributed by atoms with Crippen molar-refractivity contribution in [1.82, 2.24) is 9.78 Å². The number of carbonyl (C=O) groups is 2. The van der Waals surface area contributed by atoms with Gasteiger partial charge in [-0.25, -0.2) is 0 Å². The zero-order valence-corrected chi connectivity index (χ0v) is 10.7. The van der Waals surface area contributed by atoms with Crippen LogP contribution in [0, 0.1) is 0 Å². The summed E-state index contributed by atoms with van der Waals surface area (Å²) in [6.45, 7) is 1.97. The van der Waals surface area contributed by atoms with Gasteiger partial charge < -0.3 is 5.32 Å². The molecular weight excluding hydrogens is 242 g/mol. The van der Waals surface area contributed by atoms with E-state index in [4.69, 9.17) is 0 Å². The standard InChI is InChI=1S/C14H15N3O2/c1-11(18)9-14(19)16-13-6-3-2-5-12(13)10-17-8-4-7-15-17/h2-8H,9-10H2,1H3,(H,16,19). The van der Waals surface area contributed by atoms with Crippen molar-refractivity contribution < 1.29 is 9.59 Å². The van der Waals surface area contributed by atoms with Crippen molar-refractivity contribution in [2.75, 3.05) is 5.32 Å². The number of hydrogen-bond donors (Lipinski definition) is 1. The van der Waals surface area contributed by atoms with Crippen LogP contribution < -0.4 is 5.32 Å².